The van der Waals surface area contributed by atoms with Gasteiger partial charge in [-0.2, -0.15) is 0 Å². The standard InChI is InChI=1S/C16H15ClFNO2/c1-19(16(20)12-6-2-3-7-13(12)17)10-11-21-15-9-5-4-8-14(15)18/h2-9H,10-11H2,1H3. The Morgan fingerprint density at radius 1 is 1.19 bits per heavy atom. The van der Waals surface area contributed by atoms with Crippen molar-refractivity contribution >= 4 is 17.5 Å². The molecule has 1 amide bonds. The Labute approximate surface area is 127 Å². The molecule has 0 aliphatic carbocycles. The van der Waals surface area contributed by atoms with Crippen LogP contribution in [0.4, 0.5) is 4.39 Å². The number of amides is 1. The van der Waals surface area contributed by atoms with Crippen molar-refractivity contribution < 1.29 is 13.9 Å². The van der Waals surface area contributed by atoms with Gasteiger partial charge in [0.1, 0.15) is 6.61 Å². The molecule has 0 aromatic heterocycles. The van der Waals surface area contributed by atoms with Crippen molar-refractivity contribution in [1.29, 1.82) is 0 Å². The summed E-state index contributed by atoms with van der Waals surface area (Å²) in [5, 5.41) is 0.407. The summed E-state index contributed by atoms with van der Waals surface area (Å²) in [7, 11) is 1.65. The lowest BCUT2D eigenvalue weighted by Gasteiger charge is -2.18. The van der Waals surface area contributed by atoms with Gasteiger partial charge in [-0.1, -0.05) is 35.9 Å². The Bertz CT molecular complexity index is 633. The summed E-state index contributed by atoms with van der Waals surface area (Å²) in [6.07, 6.45) is 0. The molecule has 0 N–H and O–H groups in total. The van der Waals surface area contributed by atoms with Crippen molar-refractivity contribution in [2.45, 2.75) is 0 Å². The Balaban J connectivity index is 1.90. The van der Waals surface area contributed by atoms with Crippen molar-refractivity contribution in [2.24, 2.45) is 0 Å². The smallest absolute Gasteiger partial charge is 0.255 e. The van der Waals surface area contributed by atoms with E-state index in [0.29, 0.717) is 17.1 Å². The minimum atomic E-state index is -0.419. The number of benzene rings is 2. The molecular formula is C16H15ClFNO2. The van der Waals surface area contributed by atoms with Crippen LogP contribution in [-0.4, -0.2) is 31.0 Å². The van der Waals surface area contributed by atoms with E-state index in [0.717, 1.165) is 0 Å². The lowest BCUT2D eigenvalue weighted by atomic mass is 10.2. The van der Waals surface area contributed by atoms with Crippen LogP contribution in [-0.2, 0) is 0 Å². The predicted octanol–water partition coefficient (Wildman–Crippen LogP) is 3.63. The van der Waals surface area contributed by atoms with Gasteiger partial charge in [0.05, 0.1) is 17.1 Å². The highest BCUT2D eigenvalue weighted by atomic mass is 35.5. The van der Waals surface area contributed by atoms with Crippen LogP contribution in [0.25, 0.3) is 0 Å². The van der Waals surface area contributed by atoms with Crippen LogP contribution in [0.1, 0.15) is 10.4 Å². The lowest BCUT2D eigenvalue weighted by molar-refractivity contribution is 0.0773. The quantitative estimate of drug-likeness (QED) is 0.844. The van der Waals surface area contributed by atoms with Crippen LogP contribution in [0.5, 0.6) is 5.75 Å². The van der Waals surface area contributed by atoms with E-state index in [1.165, 1.54) is 11.0 Å². The first-order chi connectivity index (χ1) is 10.1. The van der Waals surface area contributed by atoms with Crippen molar-refractivity contribution in [3.05, 3.63) is 64.9 Å². The third kappa shape index (κ3) is 3.95. The number of likely N-dealkylation sites (N-methyl/N-ethyl adjacent to an activating group) is 1. The number of nitrogens with zero attached hydrogens (tertiary/aromatic N) is 1. The minimum Gasteiger partial charge on any atom is -0.489 e. The van der Waals surface area contributed by atoms with E-state index in [2.05, 4.69) is 0 Å². The summed E-state index contributed by atoms with van der Waals surface area (Å²) in [5.41, 5.74) is 0.438. The van der Waals surface area contributed by atoms with Crippen LogP contribution in [0.15, 0.2) is 48.5 Å². The Hall–Kier alpha value is -2.07. The summed E-state index contributed by atoms with van der Waals surface area (Å²) >= 11 is 5.99. The molecule has 0 saturated heterocycles. The first kappa shape index (κ1) is 15.3. The number of carbonyl (C=O) groups excluding carboxylic acids is 1. The number of para-hydroxylation sites is 1. The van der Waals surface area contributed by atoms with E-state index in [-0.39, 0.29) is 18.3 Å². The highest BCUT2D eigenvalue weighted by molar-refractivity contribution is 6.33. The minimum absolute atomic E-state index is 0.177. The van der Waals surface area contributed by atoms with E-state index < -0.39 is 5.82 Å². The molecule has 2 aromatic rings. The van der Waals surface area contributed by atoms with Crippen LogP contribution < -0.4 is 4.74 Å². The molecular weight excluding hydrogens is 293 g/mol. The average molecular weight is 308 g/mol. The van der Waals surface area contributed by atoms with Gasteiger partial charge < -0.3 is 9.64 Å². The normalized spacial score (nSPS) is 10.2. The maximum atomic E-state index is 13.4. The maximum Gasteiger partial charge on any atom is 0.255 e. The SMILES string of the molecule is CN(CCOc1ccccc1F)C(=O)c1ccccc1Cl. The highest BCUT2D eigenvalue weighted by Gasteiger charge is 2.14. The van der Waals surface area contributed by atoms with E-state index in [1.54, 1.807) is 49.5 Å². The van der Waals surface area contributed by atoms with Gasteiger partial charge in [0, 0.05) is 7.05 Å². The monoisotopic (exact) mass is 307 g/mol. The van der Waals surface area contributed by atoms with E-state index >= 15 is 0 Å². The molecule has 0 aliphatic heterocycles. The van der Waals surface area contributed by atoms with Gasteiger partial charge in [-0.3, -0.25) is 4.79 Å². The van der Waals surface area contributed by atoms with Gasteiger partial charge in [-0.25, -0.2) is 4.39 Å². The fourth-order valence-corrected chi connectivity index (χ4v) is 2.01. The highest BCUT2D eigenvalue weighted by Crippen LogP contribution is 2.17. The van der Waals surface area contributed by atoms with E-state index in [4.69, 9.17) is 16.3 Å². The molecule has 0 spiro atoms. The van der Waals surface area contributed by atoms with Crippen molar-refractivity contribution in [3.8, 4) is 5.75 Å². The second kappa shape index (κ2) is 7.09. The van der Waals surface area contributed by atoms with Crippen molar-refractivity contribution in [1.82, 2.24) is 4.90 Å². The Morgan fingerprint density at radius 2 is 1.86 bits per heavy atom. The first-order valence-corrected chi connectivity index (χ1v) is 6.84. The largest absolute Gasteiger partial charge is 0.489 e. The fourth-order valence-electron chi connectivity index (χ4n) is 1.80. The third-order valence-corrected chi connectivity index (χ3v) is 3.30. The number of hydrogen-bond donors (Lipinski definition) is 0. The van der Waals surface area contributed by atoms with Crippen LogP contribution >= 0.6 is 11.6 Å². The topological polar surface area (TPSA) is 29.5 Å². The number of carbonyl (C=O) groups is 1. The Morgan fingerprint density at radius 3 is 2.57 bits per heavy atom. The van der Waals surface area contributed by atoms with Gasteiger partial charge in [-0.15, -0.1) is 0 Å². The van der Waals surface area contributed by atoms with Gasteiger partial charge in [-0.05, 0) is 24.3 Å². The molecule has 0 fully saturated rings. The fraction of sp³-hybridized carbons (Fsp3) is 0.188. The lowest BCUT2D eigenvalue weighted by Crippen LogP contribution is -2.31. The van der Waals surface area contributed by atoms with Gasteiger partial charge in [0.25, 0.3) is 5.91 Å². The Kier molecular flexibility index (Phi) is 5.17. The molecule has 0 heterocycles. The van der Waals surface area contributed by atoms with Crippen molar-refractivity contribution in [3.63, 3.8) is 0 Å². The number of ether oxygens (including phenoxy) is 1. The maximum absolute atomic E-state index is 13.4. The zero-order valence-corrected chi connectivity index (χ0v) is 12.3. The summed E-state index contributed by atoms with van der Waals surface area (Å²) in [4.78, 5) is 13.7. The van der Waals surface area contributed by atoms with Gasteiger partial charge in [0.2, 0.25) is 0 Å². The zero-order valence-electron chi connectivity index (χ0n) is 11.6. The molecule has 0 unspecified atom stereocenters. The molecule has 2 rings (SSSR count). The molecule has 2 aromatic carbocycles. The average Bonchev–Trinajstić information content (AvgIpc) is 2.49. The predicted molar refractivity (Wildman–Crippen MR) is 80.3 cm³/mol. The zero-order chi connectivity index (χ0) is 15.2. The molecule has 0 saturated carbocycles. The van der Waals surface area contributed by atoms with Crippen LogP contribution in [0.3, 0.4) is 0 Å². The molecule has 21 heavy (non-hydrogen) atoms. The molecule has 5 heteroatoms. The summed E-state index contributed by atoms with van der Waals surface area (Å²) in [6, 6.07) is 13.0. The van der Waals surface area contributed by atoms with Gasteiger partial charge >= 0.3 is 0 Å². The van der Waals surface area contributed by atoms with E-state index in [9.17, 15) is 9.18 Å². The van der Waals surface area contributed by atoms with Crippen LogP contribution in [0, 0.1) is 5.82 Å². The third-order valence-electron chi connectivity index (χ3n) is 2.97. The number of halogens is 2. The number of rotatable bonds is 5. The van der Waals surface area contributed by atoms with Crippen LogP contribution in [0.2, 0.25) is 5.02 Å². The molecule has 0 radical (unpaired) electrons. The van der Waals surface area contributed by atoms with Gasteiger partial charge in [0.15, 0.2) is 11.6 Å². The second-order valence-electron chi connectivity index (χ2n) is 4.49. The molecule has 0 aliphatic rings. The number of hydrogen-bond acceptors (Lipinski definition) is 2. The summed E-state index contributed by atoms with van der Waals surface area (Å²) in [6.45, 7) is 0.534. The molecule has 0 bridgehead atoms. The molecule has 3 nitrogen and oxygen atoms in total. The summed E-state index contributed by atoms with van der Waals surface area (Å²) < 4.78 is 18.7. The summed E-state index contributed by atoms with van der Waals surface area (Å²) in [5.74, 6) is -0.439. The first-order valence-electron chi connectivity index (χ1n) is 6.47. The molecule has 110 valence electrons. The second-order valence-corrected chi connectivity index (χ2v) is 4.89. The molecule has 0 atom stereocenters. The van der Waals surface area contributed by atoms with Crippen molar-refractivity contribution in [2.75, 3.05) is 20.2 Å². The van der Waals surface area contributed by atoms with E-state index in [1.807, 2.05) is 0 Å².